The molecule has 0 radical (unpaired) electrons. The van der Waals surface area contributed by atoms with E-state index in [2.05, 4.69) is 9.97 Å². The zero-order valence-electron chi connectivity index (χ0n) is 11.1. The van der Waals surface area contributed by atoms with E-state index in [1.54, 1.807) is 12.1 Å². The lowest BCUT2D eigenvalue weighted by molar-refractivity contribution is 0.628. The number of aryl methyl sites for hydroxylation is 2. The van der Waals surface area contributed by atoms with E-state index in [0.717, 1.165) is 27.6 Å². The largest absolute Gasteiger partial charge is 0.228 e. The first-order chi connectivity index (χ1) is 9.54. The first kappa shape index (κ1) is 13.0. The molecule has 0 spiro atoms. The molecule has 0 N–H and O–H groups in total. The third-order valence-corrected chi connectivity index (χ3v) is 3.66. The summed E-state index contributed by atoms with van der Waals surface area (Å²) in [5.41, 5.74) is 3.84. The predicted molar refractivity (Wildman–Crippen MR) is 79.4 cm³/mol. The molecule has 0 unspecified atom stereocenters. The summed E-state index contributed by atoms with van der Waals surface area (Å²) in [6, 6.07) is 10.0. The van der Waals surface area contributed by atoms with Crippen LogP contribution in [0.15, 0.2) is 36.4 Å². The highest BCUT2D eigenvalue weighted by Gasteiger charge is 2.09. The van der Waals surface area contributed by atoms with Crippen LogP contribution in [0.2, 0.25) is 5.15 Å². The van der Waals surface area contributed by atoms with Crippen molar-refractivity contribution in [3.05, 3.63) is 58.5 Å². The molecule has 0 aliphatic carbocycles. The van der Waals surface area contributed by atoms with E-state index in [4.69, 9.17) is 11.6 Å². The second-order valence-corrected chi connectivity index (χ2v) is 5.16. The standard InChI is InChI=1S/C16H12ClFN2/c1-9-7-13-14(8-10(9)2)19-16(20-15(13)17)11-3-5-12(18)6-4-11/h3-8H,1-2H3. The number of nitrogens with zero attached hydrogens (tertiary/aromatic N) is 2. The molecular formula is C16H12ClFN2. The maximum Gasteiger partial charge on any atom is 0.161 e. The van der Waals surface area contributed by atoms with Gasteiger partial charge in [-0.25, -0.2) is 14.4 Å². The Morgan fingerprint density at radius 1 is 0.950 bits per heavy atom. The van der Waals surface area contributed by atoms with Crippen LogP contribution in [0.3, 0.4) is 0 Å². The Hall–Kier alpha value is -2.00. The summed E-state index contributed by atoms with van der Waals surface area (Å²) in [7, 11) is 0. The van der Waals surface area contributed by atoms with Gasteiger partial charge in [0.2, 0.25) is 0 Å². The summed E-state index contributed by atoms with van der Waals surface area (Å²) in [4.78, 5) is 8.82. The van der Waals surface area contributed by atoms with Crippen molar-refractivity contribution < 1.29 is 4.39 Å². The van der Waals surface area contributed by atoms with Gasteiger partial charge < -0.3 is 0 Å². The molecule has 1 heterocycles. The number of benzene rings is 2. The van der Waals surface area contributed by atoms with Crippen LogP contribution < -0.4 is 0 Å². The predicted octanol–water partition coefficient (Wildman–Crippen LogP) is 4.71. The number of rotatable bonds is 1. The van der Waals surface area contributed by atoms with Crippen LogP contribution in [0.25, 0.3) is 22.3 Å². The number of fused-ring (bicyclic) bond motifs is 1. The second-order valence-electron chi connectivity index (χ2n) is 4.80. The van der Waals surface area contributed by atoms with E-state index in [1.165, 1.54) is 12.1 Å². The van der Waals surface area contributed by atoms with Crippen LogP contribution in [-0.4, -0.2) is 9.97 Å². The van der Waals surface area contributed by atoms with Crippen molar-refractivity contribution in [2.45, 2.75) is 13.8 Å². The summed E-state index contributed by atoms with van der Waals surface area (Å²) in [6.45, 7) is 4.06. The van der Waals surface area contributed by atoms with Gasteiger partial charge in [-0.15, -0.1) is 0 Å². The van der Waals surface area contributed by atoms with Crippen LogP contribution in [0, 0.1) is 19.7 Å². The van der Waals surface area contributed by atoms with Crippen LogP contribution in [0.5, 0.6) is 0 Å². The quantitative estimate of drug-likeness (QED) is 0.606. The van der Waals surface area contributed by atoms with Crippen molar-refractivity contribution in [1.82, 2.24) is 9.97 Å². The molecule has 0 saturated carbocycles. The van der Waals surface area contributed by atoms with Gasteiger partial charge in [-0.1, -0.05) is 11.6 Å². The summed E-state index contributed by atoms with van der Waals surface area (Å²) in [5, 5.41) is 1.25. The van der Waals surface area contributed by atoms with E-state index < -0.39 is 0 Å². The Bertz CT molecular complexity index is 798. The summed E-state index contributed by atoms with van der Waals surface area (Å²) >= 11 is 6.24. The van der Waals surface area contributed by atoms with Gasteiger partial charge in [0.15, 0.2) is 5.82 Å². The number of hydrogen-bond donors (Lipinski definition) is 0. The summed E-state index contributed by atoms with van der Waals surface area (Å²) < 4.78 is 13.0. The molecule has 3 aromatic rings. The van der Waals surface area contributed by atoms with Crippen molar-refractivity contribution in [2.75, 3.05) is 0 Å². The van der Waals surface area contributed by atoms with Gasteiger partial charge in [0.1, 0.15) is 11.0 Å². The molecule has 100 valence electrons. The highest BCUT2D eigenvalue weighted by Crippen LogP contribution is 2.27. The van der Waals surface area contributed by atoms with Gasteiger partial charge in [-0.3, -0.25) is 0 Å². The summed E-state index contributed by atoms with van der Waals surface area (Å²) in [5.74, 6) is 0.220. The first-order valence-electron chi connectivity index (χ1n) is 6.25. The maximum absolute atomic E-state index is 13.0. The molecule has 0 aliphatic heterocycles. The lowest BCUT2D eigenvalue weighted by Gasteiger charge is -2.07. The van der Waals surface area contributed by atoms with Gasteiger partial charge >= 0.3 is 0 Å². The van der Waals surface area contributed by atoms with E-state index in [-0.39, 0.29) is 5.82 Å². The Morgan fingerprint density at radius 3 is 2.30 bits per heavy atom. The molecule has 3 rings (SSSR count). The third kappa shape index (κ3) is 2.25. The normalized spacial score (nSPS) is 11.0. The van der Waals surface area contributed by atoms with E-state index in [9.17, 15) is 4.39 Å². The monoisotopic (exact) mass is 286 g/mol. The molecule has 0 saturated heterocycles. The lowest BCUT2D eigenvalue weighted by atomic mass is 10.1. The Labute approximate surface area is 121 Å². The zero-order valence-corrected chi connectivity index (χ0v) is 11.9. The van der Waals surface area contributed by atoms with Crippen molar-refractivity contribution >= 4 is 22.5 Å². The molecule has 0 fully saturated rings. The number of aromatic nitrogens is 2. The molecule has 1 aromatic heterocycles. The molecular weight excluding hydrogens is 275 g/mol. The third-order valence-electron chi connectivity index (χ3n) is 3.37. The van der Waals surface area contributed by atoms with Gasteiger partial charge in [0.25, 0.3) is 0 Å². The molecule has 2 nitrogen and oxygen atoms in total. The van der Waals surface area contributed by atoms with Gasteiger partial charge in [0.05, 0.1) is 5.52 Å². The van der Waals surface area contributed by atoms with Gasteiger partial charge in [0, 0.05) is 10.9 Å². The van der Waals surface area contributed by atoms with E-state index in [1.807, 2.05) is 26.0 Å². The number of hydrogen-bond acceptors (Lipinski definition) is 2. The summed E-state index contributed by atoms with van der Waals surface area (Å²) in [6.07, 6.45) is 0. The molecule has 20 heavy (non-hydrogen) atoms. The van der Waals surface area contributed by atoms with E-state index in [0.29, 0.717) is 11.0 Å². The fourth-order valence-corrected chi connectivity index (χ4v) is 2.31. The zero-order chi connectivity index (χ0) is 14.3. The van der Waals surface area contributed by atoms with Gasteiger partial charge in [-0.05, 0) is 61.4 Å². The Kier molecular flexibility index (Phi) is 3.14. The number of halogens is 2. The van der Waals surface area contributed by atoms with Crippen LogP contribution >= 0.6 is 11.6 Å². The van der Waals surface area contributed by atoms with Crippen molar-refractivity contribution in [3.8, 4) is 11.4 Å². The van der Waals surface area contributed by atoms with Crippen molar-refractivity contribution in [3.63, 3.8) is 0 Å². The highest BCUT2D eigenvalue weighted by molar-refractivity contribution is 6.34. The van der Waals surface area contributed by atoms with Gasteiger partial charge in [-0.2, -0.15) is 0 Å². The smallest absolute Gasteiger partial charge is 0.161 e. The van der Waals surface area contributed by atoms with E-state index >= 15 is 0 Å². The molecule has 0 aliphatic rings. The maximum atomic E-state index is 13.0. The Morgan fingerprint density at radius 2 is 1.60 bits per heavy atom. The second kappa shape index (κ2) is 4.84. The minimum absolute atomic E-state index is 0.285. The van der Waals surface area contributed by atoms with Crippen LogP contribution in [0.4, 0.5) is 4.39 Å². The topological polar surface area (TPSA) is 25.8 Å². The molecule has 0 bridgehead atoms. The molecule has 0 amide bonds. The molecule has 2 aromatic carbocycles. The average Bonchev–Trinajstić information content (AvgIpc) is 2.42. The van der Waals surface area contributed by atoms with Crippen molar-refractivity contribution in [1.29, 1.82) is 0 Å². The fraction of sp³-hybridized carbons (Fsp3) is 0.125. The average molecular weight is 287 g/mol. The minimum atomic E-state index is -0.285. The molecule has 0 atom stereocenters. The van der Waals surface area contributed by atoms with Crippen LogP contribution in [0.1, 0.15) is 11.1 Å². The Balaban J connectivity index is 2.23. The van der Waals surface area contributed by atoms with Crippen LogP contribution in [-0.2, 0) is 0 Å². The fourth-order valence-electron chi connectivity index (χ4n) is 2.08. The highest BCUT2D eigenvalue weighted by atomic mass is 35.5. The molecule has 4 heteroatoms. The lowest BCUT2D eigenvalue weighted by Crippen LogP contribution is -1.94. The minimum Gasteiger partial charge on any atom is -0.228 e. The SMILES string of the molecule is Cc1cc2nc(-c3ccc(F)cc3)nc(Cl)c2cc1C. The first-order valence-corrected chi connectivity index (χ1v) is 6.63. The van der Waals surface area contributed by atoms with Crippen molar-refractivity contribution in [2.24, 2.45) is 0 Å².